The van der Waals surface area contributed by atoms with Crippen LogP contribution >= 0.6 is 0 Å². The van der Waals surface area contributed by atoms with Gasteiger partial charge in [-0.05, 0) is 38.0 Å². The van der Waals surface area contributed by atoms with E-state index < -0.39 is 0 Å². The molecule has 0 aromatic carbocycles. The molecule has 0 radical (unpaired) electrons. The molecule has 0 aliphatic carbocycles. The first-order chi connectivity index (χ1) is 13.7. The van der Waals surface area contributed by atoms with Crippen LogP contribution < -0.4 is 0 Å². The van der Waals surface area contributed by atoms with Crippen LogP contribution in [0.15, 0.2) is 49.1 Å². The predicted molar refractivity (Wildman–Crippen MR) is 106 cm³/mol. The Morgan fingerprint density at radius 2 is 2.11 bits per heavy atom. The topological polar surface area (TPSA) is 68.8 Å². The fourth-order valence-corrected chi connectivity index (χ4v) is 3.89. The molecule has 1 aliphatic rings. The van der Waals surface area contributed by atoms with Crippen LogP contribution in [0.4, 0.5) is 0 Å². The molecule has 0 N–H and O–H groups in total. The molecule has 0 unspecified atom stereocenters. The standard InChI is InChI=1S/C21H26N6O/c1-17-7-10-24-27(17)13-8-20(28)25-12-4-5-18(15-25)21-23-11-14-26(21)16-19-6-2-3-9-22-19/h2-3,6-7,9-11,14,18H,4-5,8,12-13,15-16H2,1H3/t18-/m1/s1. The van der Waals surface area contributed by atoms with Crippen molar-refractivity contribution < 1.29 is 4.79 Å². The molecule has 3 aromatic heterocycles. The molecule has 4 heterocycles. The number of aromatic nitrogens is 5. The lowest BCUT2D eigenvalue weighted by molar-refractivity contribution is -0.132. The van der Waals surface area contributed by atoms with Gasteiger partial charge in [0.25, 0.3) is 0 Å². The number of likely N-dealkylation sites (tertiary alicyclic amines) is 1. The Hall–Kier alpha value is -2.96. The van der Waals surface area contributed by atoms with E-state index in [4.69, 9.17) is 0 Å². The Morgan fingerprint density at radius 3 is 2.89 bits per heavy atom. The maximum atomic E-state index is 12.7. The molecule has 146 valence electrons. The van der Waals surface area contributed by atoms with E-state index in [1.165, 1.54) is 0 Å². The normalized spacial score (nSPS) is 17.0. The average Bonchev–Trinajstić information content (AvgIpc) is 3.36. The van der Waals surface area contributed by atoms with Gasteiger partial charge in [-0.1, -0.05) is 6.07 Å². The minimum absolute atomic E-state index is 0.197. The minimum atomic E-state index is 0.197. The monoisotopic (exact) mass is 378 g/mol. The van der Waals surface area contributed by atoms with Crippen LogP contribution in [-0.4, -0.2) is 48.2 Å². The zero-order chi connectivity index (χ0) is 19.3. The number of nitrogens with zero attached hydrogens (tertiary/aromatic N) is 6. The predicted octanol–water partition coefficient (Wildman–Crippen LogP) is 2.63. The van der Waals surface area contributed by atoms with Crippen molar-refractivity contribution in [3.8, 4) is 0 Å². The second-order valence-electron chi connectivity index (χ2n) is 7.36. The van der Waals surface area contributed by atoms with Crippen molar-refractivity contribution in [3.63, 3.8) is 0 Å². The third-order valence-corrected chi connectivity index (χ3v) is 5.41. The molecule has 1 aliphatic heterocycles. The Morgan fingerprint density at radius 1 is 1.18 bits per heavy atom. The number of hydrogen-bond acceptors (Lipinski definition) is 4. The van der Waals surface area contributed by atoms with Gasteiger partial charge in [-0.2, -0.15) is 5.10 Å². The molecule has 7 heteroatoms. The molecule has 28 heavy (non-hydrogen) atoms. The largest absolute Gasteiger partial charge is 0.342 e. The highest BCUT2D eigenvalue weighted by molar-refractivity contribution is 5.76. The highest BCUT2D eigenvalue weighted by Crippen LogP contribution is 2.26. The van der Waals surface area contributed by atoms with Crippen molar-refractivity contribution in [2.45, 2.75) is 45.2 Å². The quantitative estimate of drug-likeness (QED) is 0.661. The summed E-state index contributed by atoms with van der Waals surface area (Å²) in [4.78, 5) is 23.8. The molecule has 0 spiro atoms. The average molecular weight is 378 g/mol. The van der Waals surface area contributed by atoms with E-state index in [9.17, 15) is 4.79 Å². The molecule has 1 fully saturated rings. The van der Waals surface area contributed by atoms with Crippen molar-refractivity contribution in [1.82, 2.24) is 29.2 Å². The van der Waals surface area contributed by atoms with E-state index in [1.54, 1.807) is 6.20 Å². The Kier molecular flexibility index (Phi) is 5.50. The molecule has 7 nitrogen and oxygen atoms in total. The van der Waals surface area contributed by atoms with Gasteiger partial charge in [0.05, 0.1) is 12.2 Å². The van der Waals surface area contributed by atoms with Crippen molar-refractivity contribution in [2.75, 3.05) is 13.1 Å². The van der Waals surface area contributed by atoms with Crippen LogP contribution in [0, 0.1) is 6.92 Å². The summed E-state index contributed by atoms with van der Waals surface area (Å²) < 4.78 is 4.05. The van der Waals surface area contributed by atoms with Gasteiger partial charge in [-0.15, -0.1) is 0 Å². The van der Waals surface area contributed by atoms with Gasteiger partial charge in [0.1, 0.15) is 5.82 Å². The second-order valence-corrected chi connectivity index (χ2v) is 7.36. The number of aryl methyl sites for hydroxylation is 2. The smallest absolute Gasteiger partial charge is 0.224 e. The van der Waals surface area contributed by atoms with Crippen molar-refractivity contribution in [2.24, 2.45) is 0 Å². The fraction of sp³-hybridized carbons (Fsp3) is 0.429. The highest BCUT2D eigenvalue weighted by Gasteiger charge is 2.27. The molecule has 0 saturated carbocycles. The Balaban J connectivity index is 1.39. The summed E-state index contributed by atoms with van der Waals surface area (Å²) in [6.07, 6.45) is 9.99. The maximum absolute atomic E-state index is 12.7. The fourth-order valence-electron chi connectivity index (χ4n) is 3.89. The van der Waals surface area contributed by atoms with Crippen LogP contribution in [0.25, 0.3) is 0 Å². The lowest BCUT2D eigenvalue weighted by atomic mass is 9.96. The maximum Gasteiger partial charge on any atom is 0.224 e. The van der Waals surface area contributed by atoms with Gasteiger partial charge in [-0.3, -0.25) is 14.5 Å². The van der Waals surface area contributed by atoms with Crippen LogP contribution in [0.1, 0.15) is 42.4 Å². The van der Waals surface area contributed by atoms with Crippen molar-refractivity contribution >= 4 is 5.91 Å². The zero-order valence-corrected chi connectivity index (χ0v) is 16.2. The van der Waals surface area contributed by atoms with Gasteiger partial charge in [0.15, 0.2) is 0 Å². The summed E-state index contributed by atoms with van der Waals surface area (Å²) in [5.74, 6) is 1.51. The van der Waals surface area contributed by atoms with Gasteiger partial charge in [0.2, 0.25) is 5.91 Å². The molecular formula is C21H26N6O. The number of pyridine rings is 1. The number of piperidine rings is 1. The van der Waals surface area contributed by atoms with Gasteiger partial charge >= 0.3 is 0 Å². The SMILES string of the molecule is Cc1ccnn1CCC(=O)N1CCC[C@@H](c2nccn2Cc2ccccn2)C1. The van der Waals surface area contributed by atoms with Gasteiger partial charge in [-0.25, -0.2) is 4.98 Å². The third kappa shape index (κ3) is 4.13. The first-order valence-electron chi connectivity index (χ1n) is 9.88. The lowest BCUT2D eigenvalue weighted by Crippen LogP contribution is -2.40. The summed E-state index contributed by atoms with van der Waals surface area (Å²) in [6, 6.07) is 7.91. The molecule has 1 saturated heterocycles. The van der Waals surface area contributed by atoms with E-state index in [-0.39, 0.29) is 11.8 Å². The van der Waals surface area contributed by atoms with Crippen LogP contribution in [0.5, 0.6) is 0 Å². The molecular weight excluding hydrogens is 352 g/mol. The van der Waals surface area contributed by atoms with E-state index in [0.717, 1.165) is 43.1 Å². The van der Waals surface area contributed by atoms with Crippen LogP contribution in [-0.2, 0) is 17.9 Å². The van der Waals surface area contributed by atoms with E-state index in [0.29, 0.717) is 19.5 Å². The molecule has 3 aromatic rings. The first-order valence-corrected chi connectivity index (χ1v) is 9.88. The summed E-state index contributed by atoms with van der Waals surface area (Å²) >= 11 is 0. The zero-order valence-electron chi connectivity index (χ0n) is 16.2. The van der Waals surface area contributed by atoms with Gasteiger partial charge in [0, 0.05) is 62.5 Å². The minimum Gasteiger partial charge on any atom is -0.342 e. The van der Waals surface area contributed by atoms with Crippen molar-refractivity contribution in [1.29, 1.82) is 0 Å². The number of amides is 1. The Labute approximate surface area is 165 Å². The second kappa shape index (κ2) is 8.37. The summed E-state index contributed by atoms with van der Waals surface area (Å²) in [7, 11) is 0. The van der Waals surface area contributed by atoms with E-state index in [1.807, 2.05) is 59.4 Å². The molecule has 4 rings (SSSR count). The van der Waals surface area contributed by atoms with Crippen LogP contribution in [0.3, 0.4) is 0 Å². The molecule has 1 atom stereocenters. The van der Waals surface area contributed by atoms with E-state index in [2.05, 4.69) is 19.6 Å². The Bertz CT molecular complexity index is 916. The first kappa shape index (κ1) is 18.4. The summed E-state index contributed by atoms with van der Waals surface area (Å²) in [5.41, 5.74) is 2.10. The van der Waals surface area contributed by atoms with Gasteiger partial charge < -0.3 is 9.47 Å². The lowest BCUT2D eigenvalue weighted by Gasteiger charge is -2.33. The number of carbonyl (C=O) groups excluding carboxylic acids is 1. The van der Waals surface area contributed by atoms with Crippen LogP contribution in [0.2, 0.25) is 0 Å². The summed E-state index contributed by atoms with van der Waals surface area (Å²) in [6.45, 7) is 4.91. The number of carbonyl (C=O) groups is 1. The molecule has 1 amide bonds. The number of imidazole rings is 1. The van der Waals surface area contributed by atoms with Crippen molar-refractivity contribution in [3.05, 3.63) is 66.3 Å². The highest BCUT2D eigenvalue weighted by atomic mass is 16.2. The summed E-state index contributed by atoms with van der Waals surface area (Å²) in [5, 5.41) is 4.27. The number of hydrogen-bond donors (Lipinski definition) is 0. The molecule has 0 bridgehead atoms. The number of rotatable bonds is 6. The van der Waals surface area contributed by atoms with E-state index >= 15 is 0 Å². The third-order valence-electron chi connectivity index (χ3n) is 5.41.